The first kappa shape index (κ1) is 33.1. The lowest BCUT2D eigenvalue weighted by Crippen LogP contribution is -2.53. The van der Waals surface area contributed by atoms with Gasteiger partial charge in [-0.15, -0.1) is 0 Å². The molecule has 45 heavy (non-hydrogen) atoms. The summed E-state index contributed by atoms with van der Waals surface area (Å²) in [6.07, 6.45) is 0.233. The molecule has 10 heteroatoms. The first-order valence-corrected chi connectivity index (χ1v) is 16.3. The highest BCUT2D eigenvalue weighted by Crippen LogP contribution is 2.27. The number of benzene rings is 4. The van der Waals surface area contributed by atoms with Gasteiger partial charge in [0.25, 0.3) is 10.0 Å². The third-order valence-corrected chi connectivity index (χ3v) is 8.94. The van der Waals surface area contributed by atoms with Gasteiger partial charge in [-0.3, -0.25) is 13.9 Å². The van der Waals surface area contributed by atoms with Gasteiger partial charge < -0.3 is 19.7 Å². The molecule has 0 aliphatic heterocycles. The van der Waals surface area contributed by atoms with Crippen LogP contribution in [0.15, 0.2) is 114 Å². The molecular formula is C35H39N3O6S. The molecule has 0 bridgehead atoms. The quantitative estimate of drug-likeness (QED) is 0.197. The minimum atomic E-state index is -4.18. The Morgan fingerprint density at radius 1 is 0.800 bits per heavy atom. The van der Waals surface area contributed by atoms with Crippen molar-refractivity contribution in [2.45, 2.75) is 37.8 Å². The van der Waals surface area contributed by atoms with Gasteiger partial charge >= 0.3 is 0 Å². The highest BCUT2D eigenvalue weighted by atomic mass is 32.2. The molecule has 9 nitrogen and oxygen atoms in total. The van der Waals surface area contributed by atoms with Crippen molar-refractivity contribution >= 4 is 27.5 Å². The van der Waals surface area contributed by atoms with E-state index in [2.05, 4.69) is 5.32 Å². The summed E-state index contributed by atoms with van der Waals surface area (Å²) in [5.41, 5.74) is 1.87. The van der Waals surface area contributed by atoms with Gasteiger partial charge in [0, 0.05) is 19.5 Å². The fourth-order valence-corrected chi connectivity index (χ4v) is 6.37. The average Bonchev–Trinajstić information content (AvgIpc) is 3.06. The van der Waals surface area contributed by atoms with Gasteiger partial charge in [-0.2, -0.15) is 0 Å². The number of hydrogen-bond donors (Lipinski definition) is 1. The number of hydrogen-bond acceptors (Lipinski definition) is 6. The Labute approximate surface area is 265 Å². The highest BCUT2D eigenvalue weighted by molar-refractivity contribution is 7.92. The lowest BCUT2D eigenvalue weighted by molar-refractivity contribution is -0.140. The van der Waals surface area contributed by atoms with Crippen molar-refractivity contribution in [1.29, 1.82) is 0 Å². The summed E-state index contributed by atoms with van der Waals surface area (Å²) in [6.45, 7) is 3.99. The fraction of sp³-hybridized carbons (Fsp3) is 0.257. The van der Waals surface area contributed by atoms with Crippen LogP contribution in [-0.2, 0) is 32.6 Å². The maximum atomic E-state index is 14.5. The summed E-state index contributed by atoms with van der Waals surface area (Å²) >= 11 is 0. The molecule has 0 fully saturated rings. The molecule has 1 N–H and O–H groups in total. The fourth-order valence-electron chi connectivity index (χ4n) is 4.94. The number of methoxy groups -OCH3 is 1. The van der Waals surface area contributed by atoms with Crippen molar-refractivity contribution in [2.75, 3.05) is 31.1 Å². The van der Waals surface area contributed by atoms with Gasteiger partial charge in [0.05, 0.1) is 24.3 Å². The van der Waals surface area contributed by atoms with Crippen LogP contribution in [0.25, 0.3) is 0 Å². The number of nitrogens with one attached hydrogen (secondary N) is 1. The molecular weight excluding hydrogens is 590 g/mol. The lowest BCUT2D eigenvalue weighted by Gasteiger charge is -2.34. The standard InChI is InChI=1S/C35H39N3O6S/c1-4-36-35(40)33(24-27-13-8-6-9-14-27)37(25-28-15-12-16-31(23-28)43-3)34(39)26-38(29-19-21-30(22-20-29)44-5-2)45(41,42)32-17-10-7-11-18-32/h6-23,33H,4-5,24-26H2,1-3H3,(H,36,40)/t33-/m1/s1. The number of sulfonamides is 1. The van der Waals surface area contributed by atoms with Crippen LogP contribution in [-0.4, -0.2) is 58.0 Å². The summed E-state index contributed by atoms with van der Waals surface area (Å²) in [7, 11) is -2.63. The van der Waals surface area contributed by atoms with E-state index in [0.717, 1.165) is 15.4 Å². The molecule has 236 valence electrons. The Kier molecular flexibility index (Phi) is 11.6. The molecule has 0 heterocycles. The van der Waals surface area contributed by atoms with Crippen LogP contribution >= 0.6 is 0 Å². The predicted molar refractivity (Wildman–Crippen MR) is 175 cm³/mol. The van der Waals surface area contributed by atoms with Crippen molar-refractivity contribution in [3.8, 4) is 11.5 Å². The van der Waals surface area contributed by atoms with Crippen molar-refractivity contribution in [2.24, 2.45) is 0 Å². The van der Waals surface area contributed by atoms with Crippen molar-refractivity contribution in [3.05, 3.63) is 120 Å². The van der Waals surface area contributed by atoms with E-state index in [1.807, 2.05) is 50.2 Å². The van der Waals surface area contributed by atoms with Gasteiger partial charge in [0.15, 0.2) is 0 Å². The number of amides is 2. The van der Waals surface area contributed by atoms with E-state index in [1.54, 1.807) is 67.8 Å². The molecule has 4 aromatic carbocycles. The maximum absolute atomic E-state index is 14.5. The minimum Gasteiger partial charge on any atom is -0.497 e. The van der Waals surface area contributed by atoms with Crippen LogP contribution in [0.2, 0.25) is 0 Å². The maximum Gasteiger partial charge on any atom is 0.264 e. The predicted octanol–water partition coefficient (Wildman–Crippen LogP) is 5.07. The average molecular weight is 630 g/mol. The van der Waals surface area contributed by atoms with E-state index in [0.29, 0.717) is 24.7 Å². The molecule has 4 aromatic rings. The molecule has 2 amide bonds. The number of carbonyl (C=O) groups is 2. The largest absolute Gasteiger partial charge is 0.497 e. The van der Waals surface area contributed by atoms with E-state index >= 15 is 0 Å². The Morgan fingerprint density at radius 3 is 2.07 bits per heavy atom. The lowest BCUT2D eigenvalue weighted by atomic mass is 10.0. The van der Waals surface area contributed by atoms with Crippen LogP contribution in [0.3, 0.4) is 0 Å². The van der Waals surface area contributed by atoms with Gasteiger partial charge in [-0.25, -0.2) is 8.42 Å². The molecule has 0 aliphatic carbocycles. The second-order valence-electron chi connectivity index (χ2n) is 10.2. The zero-order chi connectivity index (χ0) is 32.2. The van der Waals surface area contributed by atoms with Crippen molar-refractivity contribution < 1.29 is 27.5 Å². The first-order valence-electron chi connectivity index (χ1n) is 14.8. The Morgan fingerprint density at radius 2 is 1.44 bits per heavy atom. The monoisotopic (exact) mass is 629 g/mol. The zero-order valence-electron chi connectivity index (χ0n) is 25.8. The van der Waals surface area contributed by atoms with Crippen LogP contribution in [0.5, 0.6) is 11.5 Å². The minimum absolute atomic E-state index is 0.0376. The molecule has 0 spiro atoms. The van der Waals surface area contributed by atoms with Crippen LogP contribution in [0.1, 0.15) is 25.0 Å². The topological polar surface area (TPSA) is 105 Å². The zero-order valence-corrected chi connectivity index (χ0v) is 26.6. The Balaban J connectivity index is 1.79. The molecule has 0 aromatic heterocycles. The van der Waals surface area contributed by atoms with Gasteiger partial charge in [-0.1, -0.05) is 60.7 Å². The van der Waals surface area contributed by atoms with E-state index in [-0.39, 0.29) is 29.5 Å². The summed E-state index contributed by atoms with van der Waals surface area (Å²) in [6, 6.07) is 30.2. The molecule has 0 unspecified atom stereocenters. The van der Waals surface area contributed by atoms with Gasteiger partial charge in [0.2, 0.25) is 11.8 Å². The third kappa shape index (κ3) is 8.63. The summed E-state index contributed by atoms with van der Waals surface area (Å²) < 4.78 is 40.2. The summed E-state index contributed by atoms with van der Waals surface area (Å²) in [5.74, 6) is 0.290. The number of nitrogens with zero attached hydrogens (tertiary/aromatic N) is 2. The molecule has 1 atom stereocenters. The number of likely N-dealkylation sites (N-methyl/N-ethyl adjacent to an activating group) is 1. The van der Waals surface area contributed by atoms with Gasteiger partial charge in [-0.05, 0) is 73.5 Å². The summed E-state index contributed by atoms with van der Waals surface area (Å²) in [5, 5.41) is 2.87. The van der Waals surface area contributed by atoms with E-state index in [4.69, 9.17) is 9.47 Å². The van der Waals surface area contributed by atoms with Crippen molar-refractivity contribution in [3.63, 3.8) is 0 Å². The van der Waals surface area contributed by atoms with E-state index in [9.17, 15) is 18.0 Å². The Hall–Kier alpha value is -4.83. The number of carbonyl (C=O) groups excluding carboxylic acids is 2. The number of rotatable bonds is 15. The van der Waals surface area contributed by atoms with Crippen molar-refractivity contribution in [1.82, 2.24) is 10.2 Å². The molecule has 0 saturated carbocycles. The van der Waals surface area contributed by atoms with Crippen LogP contribution in [0, 0.1) is 0 Å². The molecule has 0 aliphatic rings. The van der Waals surface area contributed by atoms with Crippen LogP contribution in [0.4, 0.5) is 5.69 Å². The van der Waals surface area contributed by atoms with Gasteiger partial charge in [0.1, 0.15) is 24.1 Å². The van der Waals surface area contributed by atoms with E-state index in [1.165, 1.54) is 17.0 Å². The second kappa shape index (κ2) is 15.8. The molecule has 0 radical (unpaired) electrons. The van der Waals surface area contributed by atoms with E-state index < -0.39 is 28.5 Å². The normalized spacial score (nSPS) is 11.7. The SMILES string of the molecule is CCNC(=O)[C@@H](Cc1ccccc1)N(Cc1cccc(OC)c1)C(=O)CN(c1ccc(OCC)cc1)S(=O)(=O)c1ccccc1. The first-order chi connectivity index (χ1) is 21.8. The molecule has 0 saturated heterocycles. The smallest absolute Gasteiger partial charge is 0.264 e. The summed E-state index contributed by atoms with van der Waals surface area (Å²) in [4.78, 5) is 29.6. The Bertz CT molecular complexity index is 1650. The second-order valence-corrected chi connectivity index (χ2v) is 12.1. The number of anilines is 1. The third-order valence-electron chi connectivity index (χ3n) is 7.15. The highest BCUT2D eigenvalue weighted by Gasteiger charge is 2.34. The van der Waals surface area contributed by atoms with Crippen LogP contribution < -0.4 is 19.1 Å². The molecule has 4 rings (SSSR count). The number of ether oxygens (including phenoxy) is 2.